The molecule has 3 heteroatoms. The highest BCUT2D eigenvalue weighted by Crippen LogP contribution is 2.13. The summed E-state index contributed by atoms with van der Waals surface area (Å²) in [6.07, 6.45) is 28.1. The van der Waals surface area contributed by atoms with Crippen molar-refractivity contribution in [1.82, 2.24) is 4.90 Å². The van der Waals surface area contributed by atoms with Crippen molar-refractivity contribution in [2.75, 3.05) is 26.2 Å². The molecule has 0 saturated heterocycles. The lowest BCUT2D eigenvalue weighted by Gasteiger charge is -2.11. The predicted octanol–water partition coefficient (Wildman–Crippen LogP) is 7.47. The van der Waals surface area contributed by atoms with Crippen molar-refractivity contribution in [2.45, 2.75) is 142 Å². The maximum absolute atomic E-state index is 6.43. The maximum atomic E-state index is 6.43. The molecule has 30 heavy (non-hydrogen) atoms. The molecule has 0 saturated carbocycles. The van der Waals surface area contributed by atoms with Gasteiger partial charge in [0, 0.05) is 0 Å². The van der Waals surface area contributed by atoms with Gasteiger partial charge in [0.05, 0.1) is 26.2 Å². The van der Waals surface area contributed by atoms with Gasteiger partial charge in [-0.25, -0.2) is 0 Å². The minimum atomic E-state index is 1.06. The van der Waals surface area contributed by atoms with Crippen LogP contribution < -0.4 is 5.73 Å². The highest BCUT2D eigenvalue weighted by atomic mass is 15.3. The van der Waals surface area contributed by atoms with Crippen LogP contribution in [-0.4, -0.2) is 41.6 Å². The quantitative estimate of drug-likeness (QED) is 0.145. The Bertz CT molecular complexity index is 405. The first-order valence-electron chi connectivity index (χ1n) is 13.9. The summed E-state index contributed by atoms with van der Waals surface area (Å²) < 4.78 is 2.43. The number of nitrogens with two attached hydrogens (primary N) is 1. The lowest BCUT2D eigenvalue weighted by molar-refractivity contribution is -0.519. The molecule has 1 rings (SSSR count). The van der Waals surface area contributed by atoms with E-state index in [0.29, 0.717) is 0 Å². The normalized spacial score (nSPS) is 14.3. The van der Waals surface area contributed by atoms with Crippen LogP contribution in [0.3, 0.4) is 0 Å². The zero-order chi connectivity index (χ0) is 21.7. The molecular formula is C27H56N3+. The zero-order valence-electron chi connectivity index (χ0n) is 20.9. The van der Waals surface area contributed by atoms with E-state index >= 15 is 0 Å². The summed E-state index contributed by atoms with van der Waals surface area (Å²) in [5.41, 5.74) is 6.43. The molecule has 0 atom stereocenters. The number of guanidine groups is 1. The molecule has 178 valence electrons. The first-order valence-corrected chi connectivity index (χ1v) is 13.9. The van der Waals surface area contributed by atoms with E-state index in [9.17, 15) is 0 Å². The van der Waals surface area contributed by atoms with E-state index in [-0.39, 0.29) is 0 Å². The van der Waals surface area contributed by atoms with E-state index in [4.69, 9.17) is 5.73 Å². The maximum Gasteiger partial charge on any atom is 0.346 e. The Morgan fingerprint density at radius 3 is 1.47 bits per heavy atom. The number of rotatable bonds is 22. The summed E-state index contributed by atoms with van der Waals surface area (Å²) in [7, 11) is 0. The Balaban J connectivity index is 1.94. The van der Waals surface area contributed by atoms with Crippen LogP contribution in [0.1, 0.15) is 142 Å². The van der Waals surface area contributed by atoms with Crippen molar-refractivity contribution >= 4 is 5.96 Å². The van der Waals surface area contributed by atoms with Gasteiger partial charge in [-0.2, -0.15) is 0 Å². The Kier molecular flexibility index (Phi) is 18.4. The van der Waals surface area contributed by atoms with Gasteiger partial charge < -0.3 is 0 Å². The van der Waals surface area contributed by atoms with E-state index in [1.165, 1.54) is 128 Å². The van der Waals surface area contributed by atoms with Crippen LogP contribution in [0, 0.1) is 0 Å². The first-order chi connectivity index (χ1) is 14.8. The van der Waals surface area contributed by atoms with Gasteiger partial charge in [0.1, 0.15) is 0 Å². The molecule has 1 aliphatic heterocycles. The average molecular weight is 423 g/mol. The van der Waals surface area contributed by atoms with Crippen molar-refractivity contribution in [2.24, 2.45) is 5.73 Å². The summed E-state index contributed by atoms with van der Waals surface area (Å²) in [6, 6.07) is 0. The van der Waals surface area contributed by atoms with Gasteiger partial charge in [-0.1, -0.05) is 129 Å². The molecule has 0 unspecified atom stereocenters. The van der Waals surface area contributed by atoms with Crippen LogP contribution >= 0.6 is 0 Å². The predicted molar refractivity (Wildman–Crippen MR) is 134 cm³/mol. The van der Waals surface area contributed by atoms with Crippen LogP contribution in [0.4, 0.5) is 0 Å². The summed E-state index contributed by atoms with van der Waals surface area (Å²) in [5, 5.41) is 0. The second kappa shape index (κ2) is 20.2. The molecule has 0 aromatic rings. The number of nitrogens with zero attached hydrogens (tertiary/aromatic N) is 2. The van der Waals surface area contributed by atoms with Crippen LogP contribution in [0.25, 0.3) is 0 Å². The molecule has 1 aliphatic rings. The van der Waals surface area contributed by atoms with Crippen molar-refractivity contribution < 1.29 is 4.58 Å². The number of hydrogen-bond donors (Lipinski definition) is 1. The minimum absolute atomic E-state index is 1.06. The van der Waals surface area contributed by atoms with Crippen LogP contribution in [0.15, 0.2) is 0 Å². The molecule has 0 aromatic heterocycles. The summed E-state index contributed by atoms with van der Waals surface area (Å²) >= 11 is 0. The fourth-order valence-corrected chi connectivity index (χ4v) is 4.70. The Morgan fingerprint density at radius 2 is 1.00 bits per heavy atom. The second-order valence-electron chi connectivity index (χ2n) is 9.70. The standard InChI is InChI=1S/C27H55N3/c1-3-5-7-9-11-13-15-17-19-21-23-29-25-26-30(27(29)28)24-22-20-18-16-14-12-10-8-6-4-2/h28H,3-26H2,1-2H3/p+1. The van der Waals surface area contributed by atoms with Crippen LogP contribution in [0.2, 0.25) is 0 Å². The third-order valence-corrected chi connectivity index (χ3v) is 6.85. The molecule has 1 heterocycles. The SMILES string of the molecule is CCCCCCCCCCCCN1CC[N+](CCCCCCCCCCCC)=C1N. The van der Waals surface area contributed by atoms with Crippen molar-refractivity contribution in [3.8, 4) is 0 Å². The summed E-state index contributed by atoms with van der Waals surface area (Å²) in [4.78, 5) is 2.43. The minimum Gasteiger partial charge on any atom is -0.291 e. The largest absolute Gasteiger partial charge is 0.346 e. The van der Waals surface area contributed by atoms with Crippen molar-refractivity contribution in [1.29, 1.82) is 0 Å². The lowest BCUT2D eigenvalue weighted by Crippen LogP contribution is -2.37. The molecule has 2 N–H and O–H groups in total. The van der Waals surface area contributed by atoms with E-state index < -0.39 is 0 Å². The van der Waals surface area contributed by atoms with Gasteiger partial charge >= 0.3 is 5.96 Å². The van der Waals surface area contributed by atoms with E-state index in [1.807, 2.05) is 0 Å². The fourth-order valence-electron chi connectivity index (χ4n) is 4.70. The Morgan fingerprint density at radius 1 is 0.600 bits per heavy atom. The summed E-state index contributed by atoms with van der Waals surface area (Å²) in [5.74, 6) is 1.06. The molecule has 0 amide bonds. The van der Waals surface area contributed by atoms with Gasteiger partial charge in [-0.3, -0.25) is 15.2 Å². The van der Waals surface area contributed by atoms with Crippen LogP contribution in [0.5, 0.6) is 0 Å². The van der Waals surface area contributed by atoms with Crippen LogP contribution in [-0.2, 0) is 0 Å². The molecule has 0 spiro atoms. The summed E-state index contributed by atoms with van der Waals surface area (Å²) in [6.45, 7) is 9.19. The molecule has 0 bridgehead atoms. The monoisotopic (exact) mass is 422 g/mol. The van der Waals surface area contributed by atoms with E-state index in [1.54, 1.807) is 0 Å². The second-order valence-corrected chi connectivity index (χ2v) is 9.70. The molecule has 3 nitrogen and oxygen atoms in total. The average Bonchev–Trinajstić information content (AvgIpc) is 3.10. The van der Waals surface area contributed by atoms with Gasteiger partial charge in [0.15, 0.2) is 0 Å². The topological polar surface area (TPSA) is 32.3 Å². The molecule has 0 aromatic carbocycles. The van der Waals surface area contributed by atoms with Gasteiger partial charge in [-0.15, -0.1) is 0 Å². The third-order valence-electron chi connectivity index (χ3n) is 6.85. The highest BCUT2D eigenvalue weighted by molar-refractivity contribution is 5.73. The van der Waals surface area contributed by atoms with E-state index in [0.717, 1.165) is 32.1 Å². The molecule has 0 aliphatic carbocycles. The van der Waals surface area contributed by atoms with Crippen molar-refractivity contribution in [3.05, 3.63) is 0 Å². The van der Waals surface area contributed by atoms with Gasteiger partial charge in [0.2, 0.25) is 0 Å². The lowest BCUT2D eigenvalue weighted by atomic mass is 10.1. The highest BCUT2D eigenvalue weighted by Gasteiger charge is 2.25. The van der Waals surface area contributed by atoms with E-state index in [2.05, 4.69) is 23.3 Å². The number of unbranched alkanes of at least 4 members (excludes halogenated alkanes) is 18. The van der Waals surface area contributed by atoms with Gasteiger partial charge in [-0.05, 0) is 12.8 Å². The molecular weight excluding hydrogens is 366 g/mol. The van der Waals surface area contributed by atoms with Gasteiger partial charge in [0.25, 0.3) is 0 Å². The van der Waals surface area contributed by atoms with Crippen molar-refractivity contribution in [3.63, 3.8) is 0 Å². The number of hydrogen-bond acceptors (Lipinski definition) is 2. The Labute approximate surface area is 189 Å². The molecule has 0 fully saturated rings. The third kappa shape index (κ3) is 14.3. The zero-order valence-corrected chi connectivity index (χ0v) is 20.9. The smallest absolute Gasteiger partial charge is 0.291 e. The molecule has 0 radical (unpaired) electrons. The fraction of sp³-hybridized carbons (Fsp3) is 0.963. The first kappa shape index (κ1) is 27.3. The Hall–Kier alpha value is -0.730.